The topological polar surface area (TPSA) is 80.2 Å². The Labute approximate surface area is 182 Å². The van der Waals surface area contributed by atoms with Gasteiger partial charge in [-0.1, -0.05) is 0 Å². The minimum absolute atomic E-state index is 0.0543. The van der Waals surface area contributed by atoms with E-state index in [1.807, 2.05) is 49.1 Å². The minimum Gasteiger partial charge on any atom is -0.497 e. The Bertz CT molecular complexity index is 1030. The van der Waals surface area contributed by atoms with Crippen molar-refractivity contribution in [3.8, 4) is 11.5 Å². The van der Waals surface area contributed by atoms with E-state index in [0.29, 0.717) is 37.4 Å². The van der Waals surface area contributed by atoms with Crippen LogP contribution in [0, 0.1) is 12.8 Å². The van der Waals surface area contributed by atoms with Gasteiger partial charge < -0.3 is 14.8 Å². The SMILES string of the molecule is CCOc1ccc(NC(=O)CN2CCC3=Nc4c(C)cc(OC)cc4C(=O)C3C2)cc1. The fourth-order valence-electron chi connectivity index (χ4n) is 4.15. The van der Waals surface area contributed by atoms with Gasteiger partial charge in [-0.15, -0.1) is 0 Å². The van der Waals surface area contributed by atoms with Gasteiger partial charge in [-0.05, 0) is 62.2 Å². The molecule has 1 saturated heterocycles. The number of ether oxygens (including phenoxy) is 2. The zero-order chi connectivity index (χ0) is 22.0. The van der Waals surface area contributed by atoms with Crippen molar-refractivity contribution in [3.05, 3.63) is 47.5 Å². The molecule has 2 aromatic carbocycles. The number of nitrogens with zero attached hydrogens (tertiary/aromatic N) is 2. The number of benzene rings is 2. The summed E-state index contributed by atoms with van der Waals surface area (Å²) in [7, 11) is 1.59. The number of fused-ring (bicyclic) bond motifs is 2. The number of carbonyl (C=O) groups excluding carboxylic acids is 2. The molecule has 1 N–H and O–H groups in total. The Balaban J connectivity index is 1.41. The molecule has 2 aliphatic rings. The van der Waals surface area contributed by atoms with Gasteiger partial charge in [0.1, 0.15) is 11.5 Å². The normalized spacial score (nSPS) is 18.0. The van der Waals surface area contributed by atoms with E-state index in [2.05, 4.69) is 5.32 Å². The number of hydrogen-bond acceptors (Lipinski definition) is 6. The molecule has 1 unspecified atom stereocenters. The smallest absolute Gasteiger partial charge is 0.238 e. The second-order valence-corrected chi connectivity index (χ2v) is 7.85. The molecular weight excluding hydrogens is 394 g/mol. The van der Waals surface area contributed by atoms with Crippen LogP contribution < -0.4 is 14.8 Å². The highest BCUT2D eigenvalue weighted by atomic mass is 16.5. The van der Waals surface area contributed by atoms with E-state index in [1.54, 1.807) is 13.2 Å². The number of piperidine rings is 1. The summed E-state index contributed by atoms with van der Waals surface area (Å²) in [5, 5.41) is 2.91. The number of amides is 1. The highest BCUT2D eigenvalue weighted by molar-refractivity contribution is 6.19. The van der Waals surface area contributed by atoms with Crippen LogP contribution in [-0.4, -0.2) is 55.7 Å². The maximum atomic E-state index is 13.2. The monoisotopic (exact) mass is 421 g/mol. The van der Waals surface area contributed by atoms with Gasteiger partial charge in [0.15, 0.2) is 5.78 Å². The number of nitrogens with one attached hydrogen (secondary N) is 1. The lowest BCUT2D eigenvalue weighted by Crippen LogP contribution is -2.47. The number of ketones is 1. The van der Waals surface area contributed by atoms with Crippen LogP contribution in [0.3, 0.4) is 0 Å². The van der Waals surface area contributed by atoms with Crippen LogP contribution in [0.4, 0.5) is 11.4 Å². The summed E-state index contributed by atoms with van der Waals surface area (Å²) in [6.07, 6.45) is 0.678. The summed E-state index contributed by atoms with van der Waals surface area (Å²) in [5.41, 5.74) is 3.92. The van der Waals surface area contributed by atoms with E-state index in [1.165, 1.54) is 0 Å². The molecule has 2 heterocycles. The molecule has 0 aliphatic carbocycles. The second-order valence-electron chi connectivity index (χ2n) is 7.85. The summed E-state index contributed by atoms with van der Waals surface area (Å²) < 4.78 is 10.7. The number of methoxy groups -OCH3 is 1. The zero-order valence-corrected chi connectivity index (χ0v) is 18.1. The molecular formula is C24H27N3O4. The van der Waals surface area contributed by atoms with E-state index in [9.17, 15) is 9.59 Å². The molecule has 7 nitrogen and oxygen atoms in total. The van der Waals surface area contributed by atoms with Gasteiger partial charge >= 0.3 is 0 Å². The lowest BCUT2D eigenvalue weighted by Gasteiger charge is -2.35. The molecule has 162 valence electrons. The summed E-state index contributed by atoms with van der Waals surface area (Å²) in [6, 6.07) is 11.0. The molecule has 1 atom stereocenters. The maximum absolute atomic E-state index is 13.2. The van der Waals surface area contributed by atoms with E-state index in [-0.39, 0.29) is 24.2 Å². The van der Waals surface area contributed by atoms with Gasteiger partial charge in [0, 0.05) is 30.1 Å². The molecule has 2 aliphatic heterocycles. The van der Waals surface area contributed by atoms with Crippen molar-refractivity contribution in [2.75, 3.05) is 38.7 Å². The molecule has 7 heteroatoms. The molecule has 0 spiro atoms. The van der Waals surface area contributed by atoms with Gasteiger partial charge in [-0.25, -0.2) is 0 Å². The minimum atomic E-state index is -0.314. The lowest BCUT2D eigenvalue weighted by atomic mass is 9.84. The predicted molar refractivity (Wildman–Crippen MR) is 120 cm³/mol. The summed E-state index contributed by atoms with van der Waals surface area (Å²) in [4.78, 5) is 32.6. The van der Waals surface area contributed by atoms with E-state index in [4.69, 9.17) is 14.5 Å². The molecule has 2 aromatic rings. The average Bonchev–Trinajstić information content (AvgIpc) is 2.76. The summed E-state index contributed by atoms with van der Waals surface area (Å²) in [5.74, 6) is 1.06. The molecule has 0 bridgehead atoms. The Kier molecular flexibility index (Phi) is 6.04. The van der Waals surface area contributed by atoms with Crippen molar-refractivity contribution < 1.29 is 19.1 Å². The van der Waals surface area contributed by atoms with Gasteiger partial charge in [-0.3, -0.25) is 19.5 Å². The van der Waals surface area contributed by atoms with Crippen LogP contribution in [-0.2, 0) is 4.79 Å². The molecule has 4 rings (SSSR count). The fraction of sp³-hybridized carbons (Fsp3) is 0.375. The Hall–Kier alpha value is -3.19. The van der Waals surface area contributed by atoms with Gasteiger partial charge in [0.25, 0.3) is 0 Å². The van der Waals surface area contributed by atoms with Gasteiger partial charge in [-0.2, -0.15) is 0 Å². The fourth-order valence-corrected chi connectivity index (χ4v) is 4.15. The first-order valence-electron chi connectivity index (χ1n) is 10.5. The number of carbonyl (C=O) groups is 2. The van der Waals surface area contributed by atoms with E-state index >= 15 is 0 Å². The highest BCUT2D eigenvalue weighted by Crippen LogP contribution is 2.37. The first-order chi connectivity index (χ1) is 15.0. The highest BCUT2D eigenvalue weighted by Gasteiger charge is 2.37. The molecule has 0 radical (unpaired) electrons. The number of rotatable bonds is 6. The van der Waals surface area contributed by atoms with E-state index < -0.39 is 0 Å². The van der Waals surface area contributed by atoms with Crippen molar-refractivity contribution in [3.63, 3.8) is 0 Å². The van der Waals surface area contributed by atoms with Crippen molar-refractivity contribution in [2.45, 2.75) is 20.3 Å². The second kappa shape index (κ2) is 8.89. The van der Waals surface area contributed by atoms with Crippen molar-refractivity contribution in [1.29, 1.82) is 0 Å². The quantitative estimate of drug-likeness (QED) is 0.770. The van der Waals surface area contributed by atoms with Crippen LogP contribution in [0.2, 0.25) is 0 Å². The van der Waals surface area contributed by atoms with E-state index in [0.717, 1.165) is 28.4 Å². The zero-order valence-electron chi connectivity index (χ0n) is 18.1. The van der Waals surface area contributed by atoms with Crippen molar-refractivity contribution in [1.82, 2.24) is 4.90 Å². The van der Waals surface area contributed by atoms with Crippen LogP contribution in [0.15, 0.2) is 41.4 Å². The Morgan fingerprint density at radius 1 is 1.23 bits per heavy atom. The van der Waals surface area contributed by atoms with Crippen LogP contribution in [0.5, 0.6) is 11.5 Å². The van der Waals surface area contributed by atoms with Gasteiger partial charge in [0.2, 0.25) is 5.91 Å². The number of hydrogen-bond donors (Lipinski definition) is 1. The Morgan fingerprint density at radius 2 is 2.00 bits per heavy atom. The maximum Gasteiger partial charge on any atom is 0.238 e. The number of Topliss-reactive ketones (excluding diaryl/α,β-unsaturated/α-hetero) is 1. The predicted octanol–water partition coefficient (Wildman–Crippen LogP) is 3.63. The van der Waals surface area contributed by atoms with Crippen LogP contribution in [0.1, 0.15) is 29.3 Å². The molecule has 0 aromatic heterocycles. The number of aryl methyl sites for hydroxylation is 1. The third-order valence-corrected chi connectivity index (χ3v) is 5.69. The Morgan fingerprint density at radius 3 is 2.71 bits per heavy atom. The number of likely N-dealkylation sites (tertiary alicyclic amines) is 1. The van der Waals surface area contributed by atoms with Crippen LogP contribution >= 0.6 is 0 Å². The average molecular weight is 421 g/mol. The first-order valence-corrected chi connectivity index (χ1v) is 10.5. The molecule has 1 fully saturated rings. The van der Waals surface area contributed by atoms with Crippen molar-refractivity contribution >= 4 is 28.8 Å². The third kappa shape index (κ3) is 4.46. The largest absolute Gasteiger partial charge is 0.497 e. The standard InChI is InChI=1S/C24H27N3O4/c1-4-31-17-7-5-16(6-8-17)25-22(28)14-27-10-9-21-20(13-27)24(29)19-12-18(30-3)11-15(2)23(19)26-21/h5-8,11-12,20H,4,9-10,13-14H2,1-3H3,(H,25,28). The number of aliphatic imine (C=N–C) groups is 1. The van der Waals surface area contributed by atoms with Gasteiger partial charge in [0.05, 0.1) is 31.9 Å². The number of anilines is 1. The molecule has 0 saturated carbocycles. The lowest BCUT2D eigenvalue weighted by molar-refractivity contribution is -0.117. The first kappa shape index (κ1) is 21.1. The molecule has 31 heavy (non-hydrogen) atoms. The summed E-state index contributed by atoms with van der Waals surface area (Å²) >= 11 is 0. The molecule has 1 amide bonds. The van der Waals surface area contributed by atoms with Crippen LogP contribution in [0.25, 0.3) is 0 Å². The van der Waals surface area contributed by atoms with Crippen molar-refractivity contribution in [2.24, 2.45) is 10.9 Å². The third-order valence-electron chi connectivity index (χ3n) is 5.69. The summed E-state index contributed by atoms with van der Waals surface area (Å²) in [6.45, 7) is 5.89.